The fourth-order valence-electron chi connectivity index (χ4n) is 4.75. The summed E-state index contributed by atoms with van der Waals surface area (Å²) >= 11 is 0. The predicted octanol–water partition coefficient (Wildman–Crippen LogP) is 5.93. The lowest BCUT2D eigenvalue weighted by Gasteiger charge is -2.26. The van der Waals surface area contributed by atoms with E-state index in [1.807, 2.05) is 78.9 Å². The first-order chi connectivity index (χ1) is 15.7. The number of hydrogen-bond donors (Lipinski definition) is 0. The Morgan fingerprint density at radius 2 is 1.38 bits per heavy atom. The average molecular weight is 425 g/mol. The summed E-state index contributed by atoms with van der Waals surface area (Å²) in [7, 11) is 1.41. The van der Waals surface area contributed by atoms with Gasteiger partial charge in [-0.3, -0.25) is 9.59 Å². The van der Waals surface area contributed by atoms with Crippen molar-refractivity contribution < 1.29 is 14.3 Å². The molecule has 0 heterocycles. The van der Waals surface area contributed by atoms with Crippen molar-refractivity contribution in [2.45, 2.75) is 24.7 Å². The maximum Gasteiger partial charge on any atom is 0.306 e. The summed E-state index contributed by atoms with van der Waals surface area (Å²) in [5.74, 6) is -0.136. The van der Waals surface area contributed by atoms with Gasteiger partial charge in [0.25, 0.3) is 0 Å². The van der Waals surface area contributed by atoms with E-state index >= 15 is 0 Å². The first-order valence-electron chi connectivity index (χ1n) is 11.1. The molecule has 0 saturated heterocycles. The molecule has 3 heteroatoms. The second kappa shape index (κ2) is 10.2. The molecule has 162 valence electrons. The Kier molecular flexibility index (Phi) is 6.96. The molecule has 2 aliphatic carbocycles. The van der Waals surface area contributed by atoms with E-state index in [-0.39, 0.29) is 41.8 Å². The molecule has 2 aliphatic rings. The molecule has 2 aromatic rings. The van der Waals surface area contributed by atoms with E-state index in [2.05, 4.69) is 24.3 Å². The van der Waals surface area contributed by atoms with Gasteiger partial charge in [-0.2, -0.15) is 0 Å². The van der Waals surface area contributed by atoms with Gasteiger partial charge in [0.05, 0.1) is 13.5 Å². The number of carbonyl (C=O) groups excluding carboxylic acids is 2. The van der Waals surface area contributed by atoms with Crippen molar-refractivity contribution in [3.63, 3.8) is 0 Å². The highest BCUT2D eigenvalue weighted by molar-refractivity contribution is 5.98. The third-order valence-corrected chi connectivity index (χ3v) is 6.43. The summed E-state index contributed by atoms with van der Waals surface area (Å²) in [5, 5.41) is 0. The van der Waals surface area contributed by atoms with E-state index in [9.17, 15) is 9.59 Å². The van der Waals surface area contributed by atoms with Gasteiger partial charge in [-0.15, -0.1) is 0 Å². The zero-order chi connectivity index (χ0) is 22.3. The molecule has 3 atom stereocenters. The van der Waals surface area contributed by atoms with Crippen molar-refractivity contribution in [1.29, 1.82) is 0 Å². The predicted molar refractivity (Wildman–Crippen MR) is 127 cm³/mol. The van der Waals surface area contributed by atoms with Crippen LogP contribution in [-0.2, 0) is 14.3 Å². The molecule has 4 rings (SSSR count). The minimum Gasteiger partial charge on any atom is -0.469 e. The van der Waals surface area contributed by atoms with E-state index in [0.717, 1.165) is 11.1 Å². The fraction of sp³-hybridized carbons (Fsp3) is 0.241. The summed E-state index contributed by atoms with van der Waals surface area (Å²) in [6.07, 6.45) is 15.0. The molecule has 32 heavy (non-hydrogen) atoms. The number of allylic oxidation sites excluding steroid dienone is 8. The van der Waals surface area contributed by atoms with Crippen molar-refractivity contribution >= 4 is 11.8 Å². The van der Waals surface area contributed by atoms with Gasteiger partial charge < -0.3 is 4.74 Å². The molecule has 0 aliphatic heterocycles. The van der Waals surface area contributed by atoms with E-state index in [0.29, 0.717) is 6.42 Å². The number of methoxy groups -OCH3 is 1. The summed E-state index contributed by atoms with van der Waals surface area (Å²) in [6.45, 7) is 0. The minimum absolute atomic E-state index is 0.0802. The average Bonchev–Trinajstić information content (AvgIpc) is 3.54. The largest absolute Gasteiger partial charge is 0.469 e. The van der Waals surface area contributed by atoms with Gasteiger partial charge in [0.15, 0.2) is 5.78 Å². The Labute approximate surface area is 189 Å². The zero-order valence-electron chi connectivity index (χ0n) is 18.3. The zero-order valence-corrected chi connectivity index (χ0v) is 18.3. The number of benzene rings is 2. The van der Waals surface area contributed by atoms with E-state index in [1.165, 1.54) is 12.7 Å². The van der Waals surface area contributed by atoms with E-state index < -0.39 is 0 Å². The van der Waals surface area contributed by atoms with Crippen molar-refractivity contribution in [2.24, 2.45) is 11.8 Å². The lowest BCUT2D eigenvalue weighted by Crippen LogP contribution is -2.22. The number of carbonyl (C=O) groups is 2. The Morgan fingerprint density at radius 1 is 0.781 bits per heavy atom. The molecular weight excluding hydrogens is 396 g/mol. The van der Waals surface area contributed by atoms with Gasteiger partial charge in [-0.05, 0) is 11.1 Å². The highest BCUT2D eigenvalue weighted by Crippen LogP contribution is 2.40. The normalized spacial score (nSPS) is 19.0. The number of Topliss-reactive ketones (excluding diaryl/α,β-unsaturated/α-hetero) is 1. The fourth-order valence-corrected chi connectivity index (χ4v) is 4.75. The quantitative estimate of drug-likeness (QED) is 0.469. The Hall–Kier alpha value is -3.46. The molecule has 0 saturated carbocycles. The van der Waals surface area contributed by atoms with Gasteiger partial charge in [0, 0.05) is 35.7 Å². The van der Waals surface area contributed by atoms with Gasteiger partial charge in [-0.1, -0.05) is 103 Å². The SMILES string of the molecule is COC(=O)C[C@H](c1ccccc1)C1C=CC=C1C(=O)C[C@H](c1ccccc1)C1C=CC=C1. The minimum atomic E-state index is -0.269. The maximum absolute atomic E-state index is 13.6. The highest BCUT2D eigenvalue weighted by atomic mass is 16.5. The Balaban J connectivity index is 1.58. The summed E-state index contributed by atoms with van der Waals surface area (Å²) in [6, 6.07) is 20.2. The van der Waals surface area contributed by atoms with Crippen LogP contribution >= 0.6 is 0 Å². The van der Waals surface area contributed by atoms with Crippen molar-refractivity contribution in [3.8, 4) is 0 Å². The second-order valence-electron chi connectivity index (χ2n) is 8.32. The molecule has 0 spiro atoms. The molecule has 0 N–H and O–H groups in total. The maximum atomic E-state index is 13.6. The lowest BCUT2D eigenvalue weighted by atomic mass is 9.76. The van der Waals surface area contributed by atoms with Crippen LogP contribution in [0.25, 0.3) is 0 Å². The summed E-state index contributed by atoms with van der Waals surface area (Å²) < 4.78 is 4.96. The molecule has 0 radical (unpaired) electrons. The molecular formula is C29H28O3. The van der Waals surface area contributed by atoms with Crippen LogP contribution < -0.4 is 0 Å². The third kappa shape index (κ3) is 4.88. The topological polar surface area (TPSA) is 43.4 Å². The standard InChI is InChI=1S/C29H28O3/c1-32-29(31)20-27(23-13-6-3-7-14-23)24-17-10-18-25(24)28(30)19-26(22-15-8-9-16-22)21-11-4-2-5-12-21/h2-18,22,24,26-27H,19-20H2,1H3/t24?,26-,27-/m1/s1. The van der Waals surface area contributed by atoms with Crippen LogP contribution in [0, 0.1) is 11.8 Å². The monoisotopic (exact) mass is 424 g/mol. The first-order valence-corrected chi connectivity index (χ1v) is 11.1. The van der Waals surface area contributed by atoms with Crippen LogP contribution in [0.3, 0.4) is 0 Å². The van der Waals surface area contributed by atoms with Gasteiger partial charge in [0.1, 0.15) is 0 Å². The molecule has 0 aromatic heterocycles. The number of rotatable bonds is 9. The van der Waals surface area contributed by atoms with Crippen LogP contribution in [0.4, 0.5) is 0 Å². The first kappa shape index (κ1) is 21.8. The molecule has 0 amide bonds. The Morgan fingerprint density at radius 3 is 1.97 bits per heavy atom. The number of esters is 1. The molecule has 1 unspecified atom stereocenters. The van der Waals surface area contributed by atoms with Crippen molar-refractivity contribution in [2.75, 3.05) is 7.11 Å². The van der Waals surface area contributed by atoms with Crippen molar-refractivity contribution in [1.82, 2.24) is 0 Å². The molecule has 2 aromatic carbocycles. The van der Waals surface area contributed by atoms with E-state index in [1.54, 1.807) is 0 Å². The summed E-state index contributed by atoms with van der Waals surface area (Å²) in [4.78, 5) is 25.8. The molecule has 0 bridgehead atoms. The van der Waals surface area contributed by atoms with Crippen LogP contribution in [0.2, 0.25) is 0 Å². The van der Waals surface area contributed by atoms with Gasteiger partial charge in [0.2, 0.25) is 0 Å². The van der Waals surface area contributed by atoms with Crippen molar-refractivity contribution in [3.05, 3.63) is 120 Å². The van der Waals surface area contributed by atoms with Crippen LogP contribution in [-0.4, -0.2) is 18.9 Å². The van der Waals surface area contributed by atoms with Crippen LogP contribution in [0.15, 0.2) is 109 Å². The third-order valence-electron chi connectivity index (χ3n) is 6.43. The molecule has 3 nitrogen and oxygen atoms in total. The van der Waals surface area contributed by atoms with E-state index in [4.69, 9.17) is 4.74 Å². The van der Waals surface area contributed by atoms with Crippen LogP contribution in [0.1, 0.15) is 35.8 Å². The highest BCUT2D eigenvalue weighted by Gasteiger charge is 2.33. The number of ether oxygens (including phenoxy) is 1. The molecule has 0 fully saturated rings. The number of ketones is 1. The lowest BCUT2D eigenvalue weighted by molar-refractivity contribution is -0.141. The number of hydrogen-bond acceptors (Lipinski definition) is 3. The van der Waals surface area contributed by atoms with Gasteiger partial charge in [-0.25, -0.2) is 0 Å². The van der Waals surface area contributed by atoms with Gasteiger partial charge >= 0.3 is 5.97 Å². The Bertz CT molecular complexity index is 1050. The summed E-state index contributed by atoms with van der Waals surface area (Å²) in [5.41, 5.74) is 2.98. The smallest absolute Gasteiger partial charge is 0.306 e. The van der Waals surface area contributed by atoms with Crippen LogP contribution in [0.5, 0.6) is 0 Å². The second-order valence-corrected chi connectivity index (χ2v) is 8.32.